The molecule has 1 amide bonds. The number of carbonyl (C=O) groups excluding carboxylic acids is 1. The van der Waals surface area contributed by atoms with E-state index in [0.29, 0.717) is 18.4 Å². The van der Waals surface area contributed by atoms with Crippen LogP contribution in [-0.2, 0) is 4.79 Å². The van der Waals surface area contributed by atoms with Crippen molar-refractivity contribution in [3.8, 4) is 5.75 Å². The number of hydrogen-bond acceptors (Lipinski definition) is 2. The number of hydrogen-bond donors (Lipinski definition) is 1. The summed E-state index contributed by atoms with van der Waals surface area (Å²) in [6.45, 7) is 5.77. The minimum atomic E-state index is 0.163. The fraction of sp³-hybridized carbons (Fsp3) is 0.562. The summed E-state index contributed by atoms with van der Waals surface area (Å²) in [5.41, 5.74) is 0. The largest absolute Gasteiger partial charge is 0.493 e. The van der Waals surface area contributed by atoms with Crippen molar-refractivity contribution in [3.63, 3.8) is 0 Å². The zero-order valence-corrected chi connectivity index (χ0v) is 11.8. The molecular formula is C16H23NO2. The van der Waals surface area contributed by atoms with Crippen molar-refractivity contribution in [2.24, 2.45) is 17.8 Å². The van der Waals surface area contributed by atoms with E-state index >= 15 is 0 Å². The lowest BCUT2D eigenvalue weighted by atomic mass is 10.1. The molecule has 0 heterocycles. The quantitative estimate of drug-likeness (QED) is 0.819. The fourth-order valence-electron chi connectivity index (χ4n) is 2.09. The molecule has 1 aliphatic carbocycles. The molecule has 1 aliphatic rings. The number of para-hydroxylation sites is 1. The highest BCUT2D eigenvalue weighted by Crippen LogP contribution is 2.38. The van der Waals surface area contributed by atoms with Gasteiger partial charge in [0.1, 0.15) is 5.75 Å². The summed E-state index contributed by atoms with van der Waals surface area (Å²) in [6.07, 6.45) is 2.00. The van der Waals surface area contributed by atoms with Crippen LogP contribution in [0.15, 0.2) is 30.3 Å². The molecule has 2 rings (SSSR count). The van der Waals surface area contributed by atoms with Gasteiger partial charge in [-0.15, -0.1) is 0 Å². The third-order valence-corrected chi connectivity index (χ3v) is 3.49. The van der Waals surface area contributed by atoms with E-state index in [0.717, 1.165) is 25.1 Å². The Morgan fingerprint density at radius 2 is 2.11 bits per heavy atom. The average molecular weight is 261 g/mol. The van der Waals surface area contributed by atoms with Crippen LogP contribution in [0.3, 0.4) is 0 Å². The Kier molecular flexibility index (Phi) is 4.83. The molecule has 0 unspecified atom stereocenters. The summed E-state index contributed by atoms with van der Waals surface area (Å²) < 4.78 is 5.67. The van der Waals surface area contributed by atoms with Gasteiger partial charge in [-0.25, -0.2) is 0 Å². The first-order chi connectivity index (χ1) is 9.16. The molecule has 1 fully saturated rings. The van der Waals surface area contributed by atoms with E-state index < -0.39 is 0 Å². The molecule has 1 aromatic rings. The molecule has 104 valence electrons. The van der Waals surface area contributed by atoms with Crippen molar-refractivity contribution in [3.05, 3.63) is 30.3 Å². The Morgan fingerprint density at radius 3 is 2.79 bits per heavy atom. The molecule has 1 aromatic carbocycles. The molecule has 0 radical (unpaired) electrons. The molecule has 1 N–H and O–H groups in total. The van der Waals surface area contributed by atoms with Gasteiger partial charge in [0.05, 0.1) is 6.61 Å². The second kappa shape index (κ2) is 6.60. The van der Waals surface area contributed by atoms with Crippen LogP contribution in [0.5, 0.6) is 5.75 Å². The van der Waals surface area contributed by atoms with E-state index in [1.807, 2.05) is 30.3 Å². The molecule has 3 nitrogen and oxygen atoms in total. The lowest BCUT2D eigenvalue weighted by molar-refractivity contribution is -0.122. The molecule has 0 aromatic heterocycles. The van der Waals surface area contributed by atoms with E-state index in [2.05, 4.69) is 19.2 Å². The van der Waals surface area contributed by atoms with Crippen molar-refractivity contribution in [2.75, 3.05) is 13.2 Å². The van der Waals surface area contributed by atoms with Gasteiger partial charge in [0.25, 0.3) is 0 Å². The van der Waals surface area contributed by atoms with Gasteiger partial charge in [0.15, 0.2) is 0 Å². The Hall–Kier alpha value is -1.51. The van der Waals surface area contributed by atoms with Gasteiger partial charge in [-0.05, 0) is 30.9 Å². The highest BCUT2D eigenvalue weighted by Gasteiger charge is 2.43. The third-order valence-electron chi connectivity index (χ3n) is 3.49. The zero-order valence-electron chi connectivity index (χ0n) is 11.8. The van der Waals surface area contributed by atoms with E-state index in [-0.39, 0.29) is 11.8 Å². The van der Waals surface area contributed by atoms with Crippen LogP contribution in [0.25, 0.3) is 0 Å². The van der Waals surface area contributed by atoms with Crippen molar-refractivity contribution in [2.45, 2.75) is 26.7 Å². The van der Waals surface area contributed by atoms with Gasteiger partial charge in [-0.3, -0.25) is 4.79 Å². The van der Waals surface area contributed by atoms with Crippen molar-refractivity contribution < 1.29 is 9.53 Å². The third kappa shape index (κ3) is 4.58. The summed E-state index contributed by atoms with van der Waals surface area (Å²) in [5.74, 6) is 2.27. The minimum Gasteiger partial charge on any atom is -0.493 e. The van der Waals surface area contributed by atoms with Crippen LogP contribution >= 0.6 is 0 Å². The SMILES string of the molecule is CC(C)CCNC(=O)[C@@H]1C[C@H]1COc1ccccc1. The van der Waals surface area contributed by atoms with E-state index in [4.69, 9.17) is 4.74 Å². The molecule has 3 heteroatoms. The van der Waals surface area contributed by atoms with Gasteiger partial charge < -0.3 is 10.1 Å². The van der Waals surface area contributed by atoms with Crippen LogP contribution in [0, 0.1) is 17.8 Å². The molecule has 2 atom stereocenters. The maximum Gasteiger partial charge on any atom is 0.223 e. The predicted octanol–water partition coefficient (Wildman–Crippen LogP) is 2.86. The Bertz CT molecular complexity index is 402. The molecule has 19 heavy (non-hydrogen) atoms. The number of nitrogens with one attached hydrogen (secondary N) is 1. The second-order valence-electron chi connectivity index (χ2n) is 5.70. The topological polar surface area (TPSA) is 38.3 Å². The monoisotopic (exact) mass is 261 g/mol. The minimum absolute atomic E-state index is 0.163. The van der Waals surface area contributed by atoms with Crippen LogP contribution < -0.4 is 10.1 Å². The summed E-state index contributed by atoms with van der Waals surface area (Å²) >= 11 is 0. The number of rotatable bonds is 7. The summed E-state index contributed by atoms with van der Waals surface area (Å²) in [6, 6.07) is 9.77. The smallest absolute Gasteiger partial charge is 0.223 e. The fourth-order valence-corrected chi connectivity index (χ4v) is 2.09. The molecule has 0 aliphatic heterocycles. The maximum absolute atomic E-state index is 11.8. The van der Waals surface area contributed by atoms with Crippen molar-refractivity contribution >= 4 is 5.91 Å². The highest BCUT2D eigenvalue weighted by molar-refractivity contribution is 5.81. The summed E-state index contributed by atoms with van der Waals surface area (Å²) in [7, 11) is 0. The normalized spacial score (nSPS) is 21.2. The first-order valence-electron chi connectivity index (χ1n) is 7.12. The van der Waals surface area contributed by atoms with Crippen molar-refractivity contribution in [1.82, 2.24) is 5.32 Å². The first-order valence-corrected chi connectivity index (χ1v) is 7.12. The number of benzene rings is 1. The summed E-state index contributed by atoms with van der Waals surface area (Å²) in [5, 5.41) is 3.01. The van der Waals surface area contributed by atoms with Gasteiger partial charge in [0.2, 0.25) is 5.91 Å². The molecule has 0 spiro atoms. The lowest BCUT2D eigenvalue weighted by Gasteiger charge is -2.07. The van der Waals surface area contributed by atoms with Crippen molar-refractivity contribution in [1.29, 1.82) is 0 Å². The zero-order chi connectivity index (χ0) is 13.7. The van der Waals surface area contributed by atoms with Crippen LogP contribution in [0.4, 0.5) is 0 Å². The Balaban J connectivity index is 1.63. The summed E-state index contributed by atoms with van der Waals surface area (Å²) in [4.78, 5) is 11.8. The first kappa shape index (κ1) is 13.9. The standard InChI is InChI=1S/C16H23NO2/c1-12(2)8-9-17-16(18)15-10-13(15)11-19-14-6-4-3-5-7-14/h3-7,12-13,15H,8-11H2,1-2H3,(H,17,18)/t13-,15+/m0/s1. The van der Waals surface area contributed by atoms with Crippen LogP contribution in [-0.4, -0.2) is 19.1 Å². The highest BCUT2D eigenvalue weighted by atomic mass is 16.5. The lowest BCUT2D eigenvalue weighted by Crippen LogP contribution is -2.27. The van der Waals surface area contributed by atoms with E-state index in [1.54, 1.807) is 0 Å². The second-order valence-corrected chi connectivity index (χ2v) is 5.70. The van der Waals surface area contributed by atoms with Gasteiger partial charge in [-0.2, -0.15) is 0 Å². The van der Waals surface area contributed by atoms with E-state index in [9.17, 15) is 4.79 Å². The number of ether oxygens (including phenoxy) is 1. The van der Waals surface area contributed by atoms with Gasteiger partial charge >= 0.3 is 0 Å². The van der Waals surface area contributed by atoms with Crippen LogP contribution in [0.1, 0.15) is 26.7 Å². The number of amides is 1. The van der Waals surface area contributed by atoms with Gasteiger partial charge in [0, 0.05) is 18.4 Å². The van der Waals surface area contributed by atoms with E-state index in [1.165, 1.54) is 0 Å². The van der Waals surface area contributed by atoms with Crippen LogP contribution in [0.2, 0.25) is 0 Å². The maximum atomic E-state index is 11.8. The Morgan fingerprint density at radius 1 is 1.37 bits per heavy atom. The average Bonchev–Trinajstić information content (AvgIpc) is 3.17. The van der Waals surface area contributed by atoms with Gasteiger partial charge in [-0.1, -0.05) is 32.0 Å². The Labute approximate surface area is 115 Å². The number of carbonyl (C=O) groups is 1. The molecule has 0 saturated heterocycles. The predicted molar refractivity (Wildman–Crippen MR) is 76.0 cm³/mol. The molecular weight excluding hydrogens is 238 g/mol. The molecule has 0 bridgehead atoms. The molecule has 1 saturated carbocycles.